The van der Waals surface area contributed by atoms with Crippen LogP contribution in [0.5, 0.6) is 0 Å². The van der Waals surface area contributed by atoms with Crippen molar-refractivity contribution < 1.29 is 9.90 Å². The van der Waals surface area contributed by atoms with E-state index in [4.69, 9.17) is 11.6 Å². The number of aromatic nitrogens is 1. The lowest BCUT2D eigenvalue weighted by Crippen LogP contribution is -2.25. The van der Waals surface area contributed by atoms with Crippen molar-refractivity contribution in [3.05, 3.63) is 29.0 Å². The van der Waals surface area contributed by atoms with Gasteiger partial charge in [0.2, 0.25) is 0 Å². The molecule has 1 heterocycles. The van der Waals surface area contributed by atoms with Crippen LogP contribution in [0.15, 0.2) is 18.5 Å². The van der Waals surface area contributed by atoms with E-state index in [1.807, 2.05) is 13.8 Å². The molecule has 1 unspecified atom stereocenters. The highest BCUT2D eigenvalue weighted by molar-refractivity contribution is 6.31. The first kappa shape index (κ1) is 10.4. The second-order valence-corrected chi connectivity index (χ2v) is 5.03. The fourth-order valence-corrected chi connectivity index (χ4v) is 2.56. The van der Waals surface area contributed by atoms with Crippen molar-refractivity contribution in [3.8, 4) is 0 Å². The molecule has 0 bridgehead atoms. The number of hydrogen-bond acceptors (Lipinski definition) is 2. The summed E-state index contributed by atoms with van der Waals surface area (Å²) in [6.07, 6.45) is 3.70. The fraction of sp³-hybridized carbons (Fsp3) is 0.455. The van der Waals surface area contributed by atoms with Gasteiger partial charge in [-0.25, -0.2) is 0 Å². The summed E-state index contributed by atoms with van der Waals surface area (Å²) in [7, 11) is 0. The Balaban J connectivity index is 2.55. The average molecular weight is 226 g/mol. The standard InChI is InChI=1S/C11H12ClNO2/c1-10(2)6-11(10,9(14)15)7-3-4-13-5-8(7)12/h3-5H,6H2,1-2H3,(H,14,15). The highest BCUT2D eigenvalue weighted by Crippen LogP contribution is 2.65. The molecule has 2 rings (SSSR count). The third-order valence-corrected chi connectivity index (χ3v) is 3.64. The first-order chi connectivity index (χ1) is 6.92. The van der Waals surface area contributed by atoms with Gasteiger partial charge in [0.25, 0.3) is 0 Å². The summed E-state index contributed by atoms with van der Waals surface area (Å²) in [4.78, 5) is 15.2. The summed E-state index contributed by atoms with van der Waals surface area (Å²) in [6, 6.07) is 1.70. The third-order valence-electron chi connectivity index (χ3n) is 3.33. The van der Waals surface area contributed by atoms with Crippen LogP contribution in [0.2, 0.25) is 5.02 Å². The molecule has 1 fully saturated rings. The molecule has 4 heteroatoms. The quantitative estimate of drug-likeness (QED) is 0.841. The van der Waals surface area contributed by atoms with Crippen molar-refractivity contribution in [1.29, 1.82) is 0 Å². The van der Waals surface area contributed by atoms with Gasteiger partial charge in [-0.2, -0.15) is 0 Å². The molecular formula is C11H12ClNO2. The van der Waals surface area contributed by atoms with E-state index in [2.05, 4.69) is 4.98 Å². The number of pyridine rings is 1. The lowest BCUT2D eigenvalue weighted by molar-refractivity contribution is -0.141. The van der Waals surface area contributed by atoms with Crippen LogP contribution in [0, 0.1) is 5.41 Å². The lowest BCUT2D eigenvalue weighted by atomic mass is 9.88. The van der Waals surface area contributed by atoms with E-state index in [0.717, 1.165) is 0 Å². The molecule has 0 aromatic carbocycles. The number of hydrogen-bond donors (Lipinski definition) is 1. The molecule has 1 saturated carbocycles. The van der Waals surface area contributed by atoms with E-state index in [-0.39, 0.29) is 5.41 Å². The number of carbonyl (C=O) groups is 1. The van der Waals surface area contributed by atoms with E-state index < -0.39 is 11.4 Å². The van der Waals surface area contributed by atoms with Crippen molar-refractivity contribution in [2.75, 3.05) is 0 Å². The molecule has 1 atom stereocenters. The Kier molecular flexibility index (Phi) is 2.05. The van der Waals surface area contributed by atoms with Crippen molar-refractivity contribution in [1.82, 2.24) is 4.98 Å². The predicted molar refractivity (Wildman–Crippen MR) is 57.0 cm³/mol. The first-order valence-electron chi connectivity index (χ1n) is 4.75. The molecule has 1 aliphatic carbocycles. The molecule has 1 aromatic heterocycles. The zero-order valence-electron chi connectivity index (χ0n) is 8.62. The van der Waals surface area contributed by atoms with Gasteiger partial charge in [-0.3, -0.25) is 9.78 Å². The molecule has 1 aliphatic rings. The van der Waals surface area contributed by atoms with Crippen molar-refractivity contribution in [2.24, 2.45) is 5.41 Å². The maximum atomic E-state index is 11.4. The number of rotatable bonds is 2. The van der Waals surface area contributed by atoms with E-state index in [0.29, 0.717) is 17.0 Å². The smallest absolute Gasteiger partial charge is 0.314 e. The Morgan fingerprint density at radius 2 is 2.20 bits per heavy atom. The minimum absolute atomic E-state index is 0.232. The molecule has 0 radical (unpaired) electrons. The zero-order chi connectivity index (χ0) is 11.3. The monoisotopic (exact) mass is 225 g/mol. The Labute approximate surface area is 93.1 Å². The number of carboxylic acid groups (broad SMARTS) is 1. The van der Waals surface area contributed by atoms with Crippen LogP contribution in [-0.4, -0.2) is 16.1 Å². The van der Waals surface area contributed by atoms with Crippen LogP contribution in [0.25, 0.3) is 0 Å². The molecule has 0 saturated heterocycles. The maximum Gasteiger partial charge on any atom is 0.314 e. The van der Waals surface area contributed by atoms with E-state index >= 15 is 0 Å². The predicted octanol–water partition coefficient (Wildman–Crippen LogP) is 2.49. The van der Waals surface area contributed by atoms with Crippen LogP contribution < -0.4 is 0 Å². The molecule has 0 spiro atoms. The fourth-order valence-electron chi connectivity index (χ4n) is 2.28. The minimum atomic E-state index is -0.826. The first-order valence-corrected chi connectivity index (χ1v) is 5.13. The molecule has 1 aromatic rings. The zero-order valence-corrected chi connectivity index (χ0v) is 9.38. The SMILES string of the molecule is CC1(C)CC1(C(=O)O)c1ccncc1Cl. The summed E-state index contributed by atoms with van der Waals surface area (Å²) >= 11 is 5.99. The Morgan fingerprint density at radius 1 is 1.60 bits per heavy atom. The number of halogens is 1. The summed E-state index contributed by atoms with van der Waals surface area (Å²) in [5.41, 5.74) is -0.381. The van der Waals surface area contributed by atoms with Gasteiger partial charge in [0.1, 0.15) is 0 Å². The topological polar surface area (TPSA) is 50.2 Å². The molecule has 0 aliphatic heterocycles. The lowest BCUT2D eigenvalue weighted by Gasteiger charge is -2.16. The van der Waals surface area contributed by atoms with Crippen LogP contribution in [-0.2, 0) is 10.2 Å². The van der Waals surface area contributed by atoms with Crippen LogP contribution in [0.4, 0.5) is 0 Å². The van der Waals surface area contributed by atoms with E-state index in [1.165, 1.54) is 6.20 Å². The van der Waals surface area contributed by atoms with Gasteiger partial charge >= 0.3 is 5.97 Å². The Morgan fingerprint density at radius 3 is 2.60 bits per heavy atom. The van der Waals surface area contributed by atoms with Crippen LogP contribution in [0.1, 0.15) is 25.8 Å². The molecule has 15 heavy (non-hydrogen) atoms. The number of aliphatic carboxylic acids is 1. The van der Waals surface area contributed by atoms with Gasteiger partial charge in [0, 0.05) is 12.4 Å². The van der Waals surface area contributed by atoms with Gasteiger partial charge in [-0.05, 0) is 23.5 Å². The average Bonchev–Trinajstić information content (AvgIpc) is 2.71. The molecule has 1 N–H and O–H groups in total. The van der Waals surface area contributed by atoms with Crippen LogP contribution >= 0.6 is 11.6 Å². The molecular weight excluding hydrogens is 214 g/mol. The molecule has 0 amide bonds. The minimum Gasteiger partial charge on any atom is -0.481 e. The summed E-state index contributed by atoms with van der Waals surface area (Å²) in [5.74, 6) is -0.805. The van der Waals surface area contributed by atoms with Gasteiger partial charge in [-0.1, -0.05) is 25.4 Å². The number of nitrogens with zero attached hydrogens (tertiary/aromatic N) is 1. The third kappa shape index (κ3) is 1.26. The van der Waals surface area contributed by atoms with Crippen molar-refractivity contribution in [2.45, 2.75) is 25.7 Å². The highest BCUT2D eigenvalue weighted by Gasteiger charge is 2.68. The Hall–Kier alpha value is -1.09. The maximum absolute atomic E-state index is 11.4. The summed E-state index contributed by atoms with van der Waals surface area (Å²) in [5, 5.41) is 9.77. The second kappa shape index (κ2) is 2.95. The largest absolute Gasteiger partial charge is 0.481 e. The second-order valence-electron chi connectivity index (χ2n) is 4.63. The van der Waals surface area contributed by atoms with E-state index in [9.17, 15) is 9.90 Å². The number of carboxylic acids is 1. The normalized spacial score (nSPS) is 27.4. The van der Waals surface area contributed by atoms with Crippen molar-refractivity contribution >= 4 is 17.6 Å². The molecule has 80 valence electrons. The van der Waals surface area contributed by atoms with E-state index in [1.54, 1.807) is 12.3 Å². The van der Waals surface area contributed by atoms with Gasteiger partial charge in [-0.15, -0.1) is 0 Å². The van der Waals surface area contributed by atoms with Crippen molar-refractivity contribution in [3.63, 3.8) is 0 Å². The van der Waals surface area contributed by atoms with Gasteiger partial charge < -0.3 is 5.11 Å². The Bertz CT molecular complexity index is 430. The van der Waals surface area contributed by atoms with Gasteiger partial charge in [0.15, 0.2) is 0 Å². The van der Waals surface area contributed by atoms with Gasteiger partial charge in [0.05, 0.1) is 10.4 Å². The molecule has 3 nitrogen and oxygen atoms in total. The summed E-state index contributed by atoms with van der Waals surface area (Å²) in [6.45, 7) is 3.88. The highest BCUT2D eigenvalue weighted by atomic mass is 35.5. The summed E-state index contributed by atoms with van der Waals surface area (Å²) < 4.78 is 0. The van der Waals surface area contributed by atoms with Crippen LogP contribution in [0.3, 0.4) is 0 Å².